The van der Waals surface area contributed by atoms with Gasteiger partial charge in [0.1, 0.15) is 29.9 Å². The van der Waals surface area contributed by atoms with Gasteiger partial charge in [0.15, 0.2) is 5.65 Å². The molecule has 1 unspecified atom stereocenters. The Hall–Kier alpha value is -1.87. The fourth-order valence-corrected chi connectivity index (χ4v) is 2.31. The van der Waals surface area contributed by atoms with E-state index in [1.54, 1.807) is 0 Å². The average Bonchev–Trinajstić information content (AvgIpc) is 2.74. The molecular weight excluding hydrogens is 266 g/mol. The Morgan fingerprint density at radius 1 is 1.25 bits per heavy atom. The van der Waals surface area contributed by atoms with Crippen molar-refractivity contribution in [1.82, 2.24) is 15.0 Å². The Labute approximate surface area is 112 Å². The van der Waals surface area contributed by atoms with Crippen LogP contribution in [-0.2, 0) is 4.74 Å². The van der Waals surface area contributed by atoms with Crippen LogP contribution in [0, 0.1) is 0 Å². The van der Waals surface area contributed by atoms with E-state index < -0.39 is 36.6 Å². The maximum absolute atomic E-state index is 12.0. The summed E-state index contributed by atoms with van der Waals surface area (Å²) < 4.78 is 5.33. The van der Waals surface area contributed by atoms with Gasteiger partial charge in [-0.25, -0.2) is 4.98 Å². The molecule has 0 bridgehead atoms. The molecule has 8 heteroatoms. The number of aromatic nitrogens is 3. The fraction of sp³-hybridized carbons (Fsp3) is 0.417. The molecule has 1 saturated heterocycles. The van der Waals surface area contributed by atoms with E-state index in [4.69, 9.17) is 9.84 Å². The molecule has 0 aliphatic carbocycles. The van der Waals surface area contributed by atoms with Crippen molar-refractivity contribution in [2.75, 3.05) is 6.61 Å². The van der Waals surface area contributed by atoms with Crippen molar-refractivity contribution in [3.8, 4) is 0 Å². The topological polar surface area (TPSA) is 129 Å². The normalized spacial score (nSPS) is 29.9. The molecule has 4 atom stereocenters. The van der Waals surface area contributed by atoms with Gasteiger partial charge >= 0.3 is 0 Å². The molecule has 3 heterocycles. The Kier molecular flexibility index (Phi) is 3.22. The summed E-state index contributed by atoms with van der Waals surface area (Å²) in [7, 11) is 0. The molecule has 4 N–H and O–H groups in total. The van der Waals surface area contributed by atoms with E-state index in [1.807, 2.05) is 0 Å². The van der Waals surface area contributed by atoms with Gasteiger partial charge in [-0.1, -0.05) is 0 Å². The average molecular weight is 279 g/mol. The lowest BCUT2D eigenvalue weighted by Gasteiger charge is -2.14. The summed E-state index contributed by atoms with van der Waals surface area (Å²) in [4.78, 5) is 22.6. The summed E-state index contributed by atoms with van der Waals surface area (Å²) in [6, 6.07) is 1.46. The zero-order chi connectivity index (χ0) is 14.3. The molecule has 1 aliphatic heterocycles. The summed E-state index contributed by atoms with van der Waals surface area (Å²) in [5, 5.41) is 28.7. The van der Waals surface area contributed by atoms with E-state index in [0.29, 0.717) is 11.2 Å². The van der Waals surface area contributed by atoms with Crippen LogP contribution in [0.5, 0.6) is 0 Å². The molecule has 0 radical (unpaired) electrons. The number of ether oxygens (including phenoxy) is 1. The number of hydrogen-bond donors (Lipinski definition) is 4. The van der Waals surface area contributed by atoms with Crippen LogP contribution in [-0.4, -0.2) is 55.2 Å². The van der Waals surface area contributed by atoms with Gasteiger partial charge in [0.05, 0.1) is 12.2 Å². The molecule has 0 aromatic carbocycles. The van der Waals surface area contributed by atoms with E-state index in [1.165, 1.54) is 18.5 Å². The number of pyridine rings is 1. The largest absolute Gasteiger partial charge is 0.394 e. The van der Waals surface area contributed by atoms with Gasteiger partial charge in [-0.2, -0.15) is 0 Å². The molecule has 2 aromatic heterocycles. The predicted octanol–water partition coefficient (Wildman–Crippen LogP) is -1.53. The molecule has 0 spiro atoms. The maximum atomic E-state index is 12.0. The SMILES string of the molecule is O=c1[nH]c2nccnc2cc1[C@@H]1O[C@H](CO)[C@H](O)C1O. The van der Waals surface area contributed by atoms with Crippen LogP contribution in [0.1, 0.15) is 11.7 Å². The monoisotopic (exact) mass is 279 g/mol. The fourth-order valence-electron chi connectivity index (χ4n) is 2.31. The first kappa shape index (κ1) is 13.1. The number of hydrogen-bond acceptors (Lipinski definition) is 7. The van der Waals surface area contributed by atoms with Gasteiger partial charge in [0, 0.05) is 12.4 Å². The minimum absolute atomic E-state index is 0.139. The zero-order valence-electron chi connectivity index (χ0n) is 10.3. The van der Waals surface area contributed by atoms with Crippen molar-refractivity contribution in [2.24, 2.45) is 0 Å². The molecule has 106 valence electrons. The van der Waals surface area contributed by atoms with Crippen LogP contribution in [0.4, 0.5) is 0 Å². The van der Waals surface area contributed by atoms with Crippen molar-refractivity contribution >= 4 is 11.2 Å². The van der Waals surface area contributed by atoms with E-state index in [0.717, 1.165) is 0 Å². The van der Waals surface area contributed by atoms with E-state index in [2.05, 4.69) is 15.0 Å². The highest BCUT2D eigenvalue weighted by molar-refractivity contribution is 5.69. The first-order valence-electron chi connectivity index (χ1n) is 6.08. The highest BCUT2D eigenvalue weighted by Crippen LogP contribution is 2.32. The van der Waals surface area contributed by atoms with Gasteiger partial charge in [-0.3, -0.25) is 9.78 Å². The summed E-state index contributed by atoms with van der Waals surface area (Å²) >= 11 is 0. The Balaban J connectivity index is 2.06. The number of aromatic amines is 1. The number of nitrogens with one attached hydrogen (secondary N) is 1. The summed E-state index contributed by atoms with van der Waals surface area (Å²) in [5.41, 5.74) is 0.432. The van der Waals surface area contributed by atoms with Gasteiger partial charge in [-0.05, 0) is 6.07 Å². The summed E-state index contributed by atoms with van der Waals surface area (Å²) in [5.74, 6) is 0. The van der Waals surface area contributed by atoms with Crippen molar-refractivity contribution < 1.29 is 20.1 Å². The van der Waals surface area contributed by atoms with E-state index >= 15 is 0 Å². The van der Waals surface area contributed by atoms with Crippen LogP contribution in [0.15, 0.2) is 23.3 Å². The molecule has 3 rings (SSSR count). The molecule has 0 amide bonds. The quantitative estimate of drug-likeness (QED) is 0.525. The van der Waals surface area contributed by atoms with Crippen molar-refractivity contribution in [3.05, 3.63) is 34.4 Å². The number of H-pyrrole nitrogens is 1. The molecule has 1 fully saturated rings. The van der Waals surface area contributed by atoms with Gasteiger partial charge < -0.3 is 25.0 Å². The standard InChI is InChI=1S/C12H13N3O5/c16-4-7-8(17)9(18)10(20-7)5-3-6-11(15-12(5)19)14-2-1-13-6/h1-3,7-10,16-18H,4H2,(H,14,15,19)/t7-,8+,9?,10+/m1/s1. The second kappa shape index (κ2) is 4.91. The second-order valence-corrected chi connectivity index (χ2v) is 4.60. The van der Waals surface area contributed by atoms with Crippen LogP contribution in [0.2, 0.25) is 0 Å². The lowest BCUT2D eigenvalue weighted by atomic mass is 10.0. The minimum Gasteiger partial charge on any atom is -0.394 e. The van der Waals surface area contributed by atoms with Crippen molar-refractivity contribution in [2.45, 2.75) is 24.4 Å². The third kappa shape index (κ3) is 1.98. The van der Waals surface area contributed by atoms with Crippen molar-refractivity contribution in [3.63, 3.8) is 0 Å². The first-order valence-corrected chi connectivity index (χ1v) is 6.08. The second-order valence-electron chi connectivity index (χ2n) is 4.60. The third-order valence-electron chi connectivity index (χ3n) is 3.36. The van der Waals surface area contributed by atoms with Crippen LogP contribution in [0.25, 0.3) is 11.2 Å². The third-order valence-corrected chi connectivity index (χ3v) is 3.36. The van der Waals surface area contributed by atoms with E-state index in [-0.39, 0.29) is 5.56 Å². The molecule has 20 heavy (non-hydrogen) atoms. The highest BCUT2D eigenvalue weighted by Gasteiger charge is 2.44. The maximum Gasteiger partial charge on any atom is 0.255 e. The number of aliphatic hydroxyl groups excluding tert-OH is 3. The number of nitrogens with zero attached hydrogens (tertiary/aromatic N) is 2. The molecule has 0 saturated carbocycles. The predicted molar refractivity (Wildman–Crippen MR) is 66.9 cm³/mol. The number of aliphatic hydroxyl groups is 3. The van der Waals surface area contributed by atoms with Crippen LogP contribution < -0.4 is 5.56 Å². The minimum atomic E-state index is -1.29. The van der Waals surface area contributed by atoms with Crippen LogP contribution >= 0.6 is 0 Å². The van der Waals surface area contributed by atoms with Crippen LogP contribution in [0.3, 0.4) is 0 Å². The smallest absolute Gasteiger partial charge is 0.255 e. The number of rotatable bonds is 2. The Morgan fingerprint density at radius 2 is 2.00 bits per heavy atom. The Bertz CT molecular complexity index is 688. The number of fused-ring (bicyclic) bond motifs is 1. The van der Waals surface area contributed by atoms with Gasteiger partial charge in [0.25, 0.3) is 5.56 Å². The zero-order valence-corrected chi connectivity index (χ0v) is 10.3. The Morgan fingerprint density at radius 3 is 2.70 bits per heavy atom. The first-order chi connectivity index (χ1) is 9.61. The van der Waals surface area contributed by atoms with Gasteiger partial charge in [-0.15, -0.1) is 0 Å². The van der Waals surface area contributed by atoms with E-state index in [9.17, 15) is 15.0 Å². The highest BCUT2D eigenvalue weighted by atomic mass is 16.6. The molecule has 2 aromatic rings. The summed E-state index contributed by atoms with van der Waals surface area (Å²) in [6.07, 6.45) is -1.56. The molecular formula is C12H13N3O5. The lowest BCUT2D eigenvalue weighted by molar-refractivity contribution is -0.0231. The molecule has 8 nitrogen and oxygen atoms in total. The summed E-state index contributed by atoms with van der Waals surface area (Å²) in [6.45, 7) is -0.444. The lowest BCUT2D eigenvalue weighted by Crippen LogP contribution is -2.33. The van der Waals surface area contributed by atoms with Crippen molar-refractivity contribution in [1.29, 1.82) is 0 Å². The van der Waals surface area contributed by atoms with Gasteiger partial charge in [0.2, 0.25) is 0 Å². The molecule has 1 aliphatic rings.